The third-order valence-electron chi connectivity index (χ3n) is 2.94. The summed E-state index contributed by atoms with van der Waals surface area (Å²) < 4.78 is 0. The van der Waals surface area contributed by atoms with Crippen molar-refractivity contribution in [1.82, 2.24) is 10.6 Å². The highest BCUT2D eigenvalue weighted by atomic mass is 16.2. The van der Waals surface area contributed by atoms with Crippen molar-refractivity contribution in [3.8, 4) is 0 Å². The maximum absolute atomic E-state index is 11.5. The van der Waals surface area contributed by atoms with Gasteiger partial charge in [-0.15, -0.1) is 0 Å². The lowest BCUT2D eigenvalue weighted by atomic mass is 10.1. The molecule has 0 aromatic heterocycles. The van der Waals surface area contributed by atoms with Crippen LogP contribution in [0.1, 0.15) is 53.9 Å². The van der Waals surface area contributed by atoms with Gasteiger partial charge in [-0.25, -0.2) is 0 Å². The molecule has 2 N–H and O–H groups in total. The maximum Gasteiger partial charge on any atom is 0.222 e. The molecule has 18 heavy (non-hydrogen) atoms. The normalized spacial score (nSPS) is 14.1. The van der Waals surface area contributed by atoms with E-state index in [2.05, 4.69) is 10.6 Å². The highest BCUT2D eigenvalue weighted by Crippen LogP contribution is 2.01. The molecular weight excluding hydrogens is 228 g/mol. The molecule has 0 rings (SSSR count). The molecule has 0 aliphatic heterocycles. The first-order chi connectivity index (χ1) is 8.36. The molecule has 2 amide bonds. The SMILES string of the molecule is CCC(C)C(=O)NCCC(C)NC(=O)CC(C)C. The second-order valence-corrected chi connectivity index (χ2v) is 5.46. The lowest BCUT2D eigenvalue weighted by Gasteiger charge is -2.16. The predicted molar refractivity (Wildman–Crippen MR) is 74.1 cm³/mol. The topological polar surface area (TPSA) is 58.2 Å². The van der Waals surface area contributed by atoms with Gasteiger partial charge in [-0.05, 0) is 25.7 Å². The molecule has 2 atom stereocenters. The van der Waals surface area contributed by atoms with Crippen LogP contribution in [0.2, 0.25) is 0 Å². The minimum Gasteiger partial charge on any atom is -0.356 e. The lowest BCUT2D eigenvalue weighted by molar-refractivity contribution is -0.124. The monoisotopic (exact) mass is 256 g/mol. The largest absolute Gasteiger partial charge is 0.356 e. The van der Waals surface area contributed by atoms with Gasteiger partial charge in [0, 0.05) is 24.9 Å². The summed E-state index contributed by atoms with van der Waals surface area (Å²) in [7, 11) is 0. The summed E-state index contributed by atoms with van der Waals surface area (Å²) in [6.07, 6.45) is 2.18. The third-order valence-corrected chi connectivity index (χ3v) is 2.94. The van der Waals surface area contributed by atoms with Crippen molar-refractivity contribution in [3.63, 3.8) is 0 Å². The molecule has 0 bridgehead atoms. The van der Waals surface area contributed by atoms with E-state index in [9.17, 15) is 9.59 Å². The molecule has 0 aromatic carbocycles. The van der Waals surface area contributed by atoms with Crippen molar-refractivity contribution in [3.05, 3.63) is 0 Å². The zero-order chi connectivity index (χ0) is 14.1. The zero-order valence-corrected chi connectivity index (χ0v) is 12.4. The molecule has 0 aromatic rings. The van der Waals surface area contributed by atoms with Gasteiger partial charge in [-0.1, -0.05) is 27.7 Å². The second kappa shape index (κ2) is 8.95. The van der Waals surface area contributed by atoms with Crippen molar-refractivity contribution in [1.29, 1.82) is 0 Å². The van der Waals surface area contributed by atoms with Crippen LogP contribution in [0.15, 0.2) is 0 Å². The number of nitrogens with one attached hydrogen (secondary N) is 2. The summed E-state index contributed by atoms with van der Waals surface area (Å²) in [5.74, 6) is 0.627. The molecule has 0 heterocycles. The molecule has 0 saturated carbocycles. The fourth-order valence-corrected chi connectivity index (χ4v) is 1.55. The molecule has 4 nitrogen and oxygen atoms in total. The third kappa shape index (κ3) is 8.09. The highest BCUT2D eigenvalue weighted by molar-refractivity contribution is 5.78. The Morgan fingerprint density at radius 3 is 2.22 bits per heavy atom. The van der Waals surface area contributed by atoms with Crippen LogP contribution in [-0.2, 0) is 9.59 Å². The summed E-state index contributed by atoms with van der Waals surface area (Å²) in [6, 6.07) is 0.105. The van der Waals surface area contributed by atoms with Gasteiger partial charge in [0.25, 0.3) is 0 Å². The first-order valence-corrected chi connectivity index (χ1v) is 6.93. The quantitative estimate of drug-likeness (QED) is 0.698. The Bertz CT molecular complexity index is 265. The van der Waals surface area contributed by atoms with Crippen LogP contribution in [0, 0.1) is 11.8 Å². The summed E-state index contributed by atoms with van der Waals surface area (Å²) in [5.41, 5.74) is 0. The van der Waals surface area contributed by atoms with E-state index in [-0.39, 0.29) is 23.8 Å². The number of hydrogen-bond acceptors (Lipinski definition) is 2. The van der Waals surface area contributed by atoms with Crippen molar-refractivity contribution in [2.24, 2.45) is 11.8 Å². The standard InChI is InChI=1S/C14H28N2O2/c1-6-11(4)14(18)15-8-7-12(5)16-13(17)9-10(2)3/h10-12H,6-9H2,1-5H3,(H,15,18)(H,16,17). The van der Waals surface area contributed by atoms with E-state index < -0.39 is 0 Å². The predicted octanol–water partition coefficient (Wildman–Crippen LogP) is 2.09. The average molecular weight is 256 g/mol. The van der Waals surface area contributed by atoms with Gasteiger partial charge in [0.2, 0.25) is 11.8 Å². The summed E-state index contributed by atoms with van der Waals surface area (Å²) in [4.78, 5) is 23.0. The molecule has 0 saturated heterocycles. The van der Waals surface area contributed by atoms with Gasteiger partial charge in [-0.3, -0.25) is 9.59 Å². The maximum atomic E-state index is 11.5. The van der Waals surface area contributed by atoms with E-state index in [4.69, 9.17) is 0 Å². The average Bonchev–Trinajstić information content (AvgIpc) is 2.26. The number of hydrogen-bond donors (Lipinski definition) is 2. The van der Waals surface area contributed by atoms with E-state index in [0.717, 1.165) is 12.8 Å². The van der Waals surface area contributed by atoms with Crippen molar-refractivity contribution >= 4 is 11.8 Å². The molecule has 0 spiro atoms. The molecule has 0 fully saturated rings. The van der Waals surface area contributed by atoms with E-state index in [1.54, 1.807) is 0 Å². The first kappa shape index (κ1) is 16.9. The van der Waals surface area contributed by atoms with E-state index >= 15 is 0 Å². The van der Waals surface area contributed by atoms with Gasteiger partial charge in [0.05, 0.1) is 0 Å². The van der Waals surface area contributed by atoms with Crippen LogP contribution in [0.5, 0.6) is 0 Å². The van der Waals surface area contributed by atoms with E-state index in [0.29, 0.717) is 18.9 Å². The fourth-order valence-electron chi connectivity index (χ4n) is 1.55. The van der Waals surface area contributed by atoms with Crippen LogP contribution in [-0.4, -0.2) is 24.4 Å². The number of carbonyl (C=O) groups excluding carboxylic acids is 2. The molecule has 0 aliphatic carbocycles. The zero-order valence-electron chi connectivity index (χ0n) is 12.4. The van der Waals surface area contributed by atoms with Crippen LogP contribution in [0.4, 0.5) is 0 Å². The smallest absolute Gasteiger partial charge is 0.222 e. The van der Waals surface area contributed by atoms with Gasteiger partial charge in [0.1, 0.15) is 0 Å². The minimum absolute atomic E-state index is 0.0656. The Morgan fingerprint density at radius 2 is 1.72 bits per heavy atom. The van der Waals surface area contributed by atoms with Crippen LogP contribution >= 0.6 is 0 Å². The number of amides is 2. The first-order valence-electron chi connectivity index (χ1n) is 6.93. The van der Waals surface area contributed by atoms with E-state index in [1.807, 2.05) is 34.6 Å². The van der Waals surface area contributed by atoms with Crippen molar-refractivity contribution < 1.29 is 9.59 Å². The van der Waals surface area contributed by atoms with Gasteiger partial charge < -0.3 is 10.6 Å². The van der Waals surface area contributed by atoms with Gasteiger partial charge in [0.15, 0.2) is 0 Å². The highest BCUT2D eigenvalue weighted by Gasteiger charge is 2.11. The molecule has 0 radical (unpaired) electrons. The number of rotatable bonds is 8. The summed E-state index contributed by atoms with van der Waals surface area (Å²) in [5, 5.41) is 5.83. The summed E-state index contributed by atoms with van der Waals surface area (Å²) >= 11 is 0. The lowest BCUT2D eigenvalue weighted by Crippen LogP contribution is -2.37. The Morgan fingerprint density at radius 1 is 1.11 bits per heavy atom. The molecular formula is C14H28N2O2. The molecule has 2 unspecified atom stereocenters. The van der Waals surface area contributed by atoms with Crippen LogP contribution in [0.25, 0.3) is 0 Å². The Balaban J connectivity index is 3.74. The summed E-state index contributed by atoms with van der Waals surface area (Å²) in [6.45, 7) is 10.6. The molecule has 4 heteroatoms. The van der Waals surface area contributed by atoms with Gasteiger partial charge >= 0.3 is 0 Å². The molecule has 106 valence electrons. The van der Waals surface area contributed by atoms with Crippen molar-refractivity contribution in [2.45, 2.75) is 59.9 Å². The van der Waals surface area contributed by atoms with Gasteiger partial charge in [-0.2, -0.15) is 0 Å². The second-order valence-electron chi connectivity index (χ2n) is 5.46. The minimum atomic E-state index is 0.0656. The van der Waals surface area contributed by atoms with Crippen LogP contribution < -0.4 is 10.6 Å². The van der Waals surface area contributed by atoms with Crippen molar-refractivity contribution in [2.75, 3.05) is 6.54 Å². The number of carbonyl (C=O) groups is 2. The van der Waals surface area contributed by atoms with E-state index in [1.165, 1.54) is 0 Å². The Hall–Kier alpha value is -1.06. The van der Waals surface area contributed by atoms with Crippen LogP contribution in [0.3, 0.4) is 0 Å². The molecule has 0 aliphatic rings. The fraction of sp³-hybridized carbons (Fsp3) is 0.857. The Labute approximate surface area is 111 Å². The Kier molecular flexibility index (Phi) is 8.42.